The van der Waals surface area contributed by atoms with Crippen molar-refractivity contribution >= 4 is 28.1 Å². The molecule has 0 amide bonds. The van der Waals surface area contributed by atoms with Crippen molar-refractivity contribution in [1.29, 1.82) is 0 Å². The number of H-pyrrole nitrogens is 1. The van der Waals surface area contributed by atoms with Crippen LogP contribution in [0.25, 0.3) is 11.3 Å². The van der Waals surface area contributed by atoms with Gasteiger partial charge in [-0.05, 0) is 12.1 Å². The first-order valence-corrected chi connectivity index (χ1v) is 7.68. The largest absolute Gasteiger partial charge is 0.481 e. The molecule has 0 radical (unpaired) electrons. The molecule has 0 unspecified atom stereocenters. The zero-order valence-corrected chi connectivity index (χ0v) is 12.6. The summed E-state index contributed by atoms with van der Waals surface area (Å²) in [6, 6.07) is 19.5. The smallest absolute Gasteiger partial charge is 0.337 e. The molecule has 0 bridgehead atoms. The van der Waals surface area contributed by atoms with Gasteiger partial charge in [-0.15, -0.1) is 0 Å². The molecule has 0 atom stereocenters. The van der Waals surface area contributed by atoms with Crippen molar-refractivity contribution in [1.82, 2.24) is 0 Å². The molecule has 0 aliphatic heterocycles. The standard InChI is InChI=1S/C17H14N2O2S/c20-15(21)11-14-16(12-7-3-1-4-8-12)19-17(22-14)18-13-9-5-2-6-10-13/h1-10H,11H2,(H,18,19)(H,20,21)/p+1. The minimum atomic E-state index is -0.835. The lowest BCUT2D eigenvalue weighted by Gasteiger charge is -1.97. The Morgan fingerprint density at radius 2 is 1.68 bits per heavy atom. The fourth-order valence-electron chi connectivity index (χ4n) is 2.19. The molecular weight excluding hydrogens is 296 g/mol. The van der Waals surface area contributed by atoms with E-state index in [1.165, 1.54) is 11.3 Å². The highest BCUT2D eigenvalue weighted by Crippen LogP contribution is 2.29. The Morgan fingerprint density at radius 1 is 1.05 bits per heavy atom. The van der Waals surface area contributed by atoms with Crippen LogP contribution in [0.3, 0.4) is 0 Å². The van der Waals surface area contributed by atoms with Crippen LogP contribution in [0, 0.1) is 0 Å². The molecule has 1 aromatic heterocycles. The normalized spacial score (nSPS) is 10.4. The summed E-state index contributed by atoms with van der Waals surface area (Å²) in [5, 5.41) is 13.2. The second-order valence-electron chi connectivity index (χ2n) is 4.78. The number of aliphatic carboxylic acids is 1. The van der Waals surface area contributed by atoms with Crippen LogP contribution in [-0.2, 0) is 11.2 Å². The highest BCUT2D eigenvalue weighted by atomic mass is 32.1. The van der Waals surface area contributed by atoms with E-state index in [0.29, 0.717) is 0 Å². The third-order valence-electron chi connectivity index (χ3n) is 3.15. The third kappa shape index (κ3) is 3.32. The Kier molecular flexibility index (Phi) is 4.16. The average Bonchev–Trinajstić information content (AvgIpc) is 2.91. The van der Waals surface area contributed by atoms with E-state index in [9.17, 15) is 4.79 Å². The quantitative estimate of drug-likeness (QED) is 0.756. The van der Waals surface area contributed by atoms with E-state index in [4.69, 9.17) is 5.11 Å². The van der Waals surface area contributed by atoms with Gasteiger partial charge >= 0.3 is 11.1 Å². The maximum absolute atomic E-state index is 11.1. The number of thiazole rings is 1. The summed E-state index contributed by atoms with van der Waals surface area (Å²) in [5.74, 6) is -0.835. The highest BCUT2D eigenvalue weighted by molar-refractivity contribution is 7.15. The maximum atomic E-state index is 11.1. The second-order valence-corrected chi connectivity index (χ2v) is 5.89. The van der Waals surface area contributed by atoms with Crippen LogP contribution in [0.2, 0.25) is 0 Å². The maximum Gasteiger partial charge on any atom is 0.337 e. The third-order valence-corrected chi connectivity index (χ3v) is 4.15. The fraction of sp³-hybridized carbons (Fsp3) is 0.0588. The van der Waals surface area contributed by atoms with E-state index in [1.807, 2.05) is 60.7 Å². The molecule has 0 fully saturated rings. The Hall–Kier alpha value is -2.66. The van der Waals surface area contributed by atoms with Gasteiger partial charge < -0.3 is 5.11 Å². The summed E-state index contributed by atoms with van der Waals surface area (Å²) in [7, 11) is 0. The summed E-state index contributed by atoms with van der Waals surface area (Å²) in [6.45, 7) is 0. The van der Waals surface area contributed by atoms with E-state index in [0.717, 1.165) is 27.0 Å². The van der Waals surface area contributed by atoms with Crippen molar-refractivity contribution in [2.24, 2.45) is 0 Å². The topological polar surface area (TPSA) is 63.5 Å². The van der Waals surface area contributed by atoms with Crippen molar-refractivity contribution < 1.29 is 14.9 Å². The molecular formula is C17H15N2O2S+. The van der Waals surface area contributed by atoms with Gasteiger partial charge in [0.25, 0.3) is 0 Å². The van der Waals surface area contributed by atoms with E-state index >= 15 is 0 Å². The van der Waals surface area contributed by atoms with Gasteiger partial charge in [-0.25, -0.2) is 10.3 Å². The first-order valence-electron chi connectivity index (χ1n) is 6.86. The highest BCUT2D eigenvalue weighted by Gasteiger charge is 2.20. The van der Waals surface area contributed by atoms with Crippen LogP contribution in [0.1, 0.15) is 4.88 Å². The first-order chi connectivity index (χ1) is 10.7. The number of carboxylic acids is 1. The predicted octanol–water partition coefficient (Wildman–Crippen LogP) is 3.60. The minimum Gasteiger partial charge on any atom is -0.481 e. The van der Waals surface area contributed by atoms with Gasteiger partial charge in [0, 0.05) is 5.56 Å². The lowest BCUT2D eigenvalue weighted by atomic mass is 10.1. The molecule has 3 rings (SSSR count). The van der Waals surface area contributed by atoms with Crippen LogP contribution >= 0.6 is 11.3 Å². The number of para-hydroxylation sites is 1. The fourth-order valence-corrected chi connectivity index (χ4v) is 3.23. The van der Waals surface area contributed by atoms with Crippen molar-refractivity contribution in [2.75, 3.05) is 5.32 Å². The number of rotatable bonds is 5. The Morgan fingerprint density at radius 3 is 2.32 bits per heavy atom. The van der Waals surface area contributed by atoms with Gasteiger partial charge in [-0.3, -0.25) is 4.79 Å². The van der Waals surface area contributed by atoms with Crippen molar-refractivity contribution in [3.63, 3.8) is 0 Å². The predicted molar refractivity (Wildman–Crippen MR) is 87.4 cm³/mol. The molecule has 0 saturated carbocycles. The monoisotopic (exact) mass is 311 g/mol. The number of carboxylic acid groups (broad SMARTS) is 1. The van der Waals surface area contributed by atoms with E-state index in [2.05, 4.69) is 10.3 Å². The molecule has 110 valence electrons. The van der Waals surface area contributed by atoms with Crippen LogP contribution in [0.5, 0.6) is 0 Å². The Bertz CT molecular complexity index is 770. The van der Waals surface area contributed by atoms with Crippen LogP contribution in [-0.4, -0.2) is 11.1 Å². The Balaban J connectivity index is 1.96. The number of hydrogen-bond donors (Lipinski definition) is 2. The number of aromatic nitrogens is 1. The molecule has 22 heavy (non-hydrogen) atoms. The van der Waals surface area contributed by atoms with Crippen LogP contribution in [0.4, 0.5) is 10.8 Å². The summed E-state index contributed by atoms with van der Waals surface area (Å²) in [5.41, 5.74) is 2.80. The summed E-state index contributed by atoms with van der Waals surface area (Å²) in [4.78, 5) is 15.2. The van der Waals surface area contributed by atoms with Gasteiger partial charge in [-0.2, -0.15) is 0 Å². The lowest BCUT2D eigenvalue weighted by molar-refractivity contribution is -0.341. The molecule has 1 heterocycles. The molecule has 0 aliphatic rings. The van der Waals surface area contributed by atoms with E-state index in [-0.39, 0.29) is 6.42 Å². The first kappa shape index (κ1) is 14.3. The van der Waals surface area contributed by atoms with Crippen LogP contribution in [0.15, 0.2) is 60.7 Å². The summed E-state index contributed by atoms with van der Waals surface area (Å²) < 4.78 is 0. The zero-order valence-electron chi connectivity index (χ0n) is 11.7. The number of anilines is 2. The van der Waals surface area contributed by atoms with Gasteiger partial charge in [0.05, 0.1) is 11.3 Å². The number of hydrogen-bond acceptors (Lipinski definition) is 3. The molecule has 0 spiro atoms. The summed E-state index contributed by atoms with van der Waals surface area (Å²) >= 11 is 1.43. The molecule has 3 aromatic rings. The molecule has 2 aromatic carbocycles. The van der Waals surface area contributed by atoms with Gasteiger partial charge in [0.1, 0.15) is 11.4 Å². The molecule has 0 aliphatic carbocycles. The molecule has 3 N–H and O–H groups in total. The van der Waals surface area contributed by atoms with E-state index in [1.54, 1.807) is 0 Å². The molecule has 0 saturated heterocycles. The average molecular weight is 311 g/mol. The number of benzene rings is 2. The van der Waals surface area contributed by atoms with E-state index < -0.39 is 5.97 Å². The lowest BCUT2D eigenvalue weighted by Crippen LogP contribution is -2.09. The van der Waals surface area contributed by atoms with Gasteiger partial charge in [-0.1, -0.05) is 59.9 Å². The zero-order chi connectivity index (χ0) is 15.4. The van der Waals surface area contributed by atoms with Gasteiger partial charge in [0.15, 0.2) is 0 Å². The molecule has 5 heteroatoms. The Labute approximate surface area is 132 Å². The number of carbonyl (C=O) groups is 1. The van der Waals surface area contributed by atoms with Crippen molar-refractivity contribution in [3.05, 3.63) is 65.5 Å². The van der Waals surface area contributed by atoms with Crippen molar-refractivity contribution in [2.45, 2.75) is 6.42 Å². The van der Waals surface area contributed by atoms with Crippen LogP contribution < -0.4 is 10.3 Å². The second kappa shape index (κ2) is 6.41. The van der Waals surface area contributed by atoms with Gasteiger partial charge in [0.2, 0.25) is 0 Å². The van der Waals surface area contributed by atoms with Crippen molar-refractivity contribution in [3.8, 4) is 11.3 Å². The molecule has 4 nitrogen and oxygen atoms in total. The SMILES string of the molecule is O=C(O)Cc1sc(Nc2ccccc2)[nH+]c1-c1ccccc1. The summed E-state index contributed by atoms with van der Waals surface area (Å²) in [6.07, 6.45) is 0.00185. The minimum absolute atomic E-state index is 0.00185. The number of nitrogens with one attached hydrogen (secondary N) is 2. The number of aromatic amines is 1.